The molecule has 0 saturated heterocycles. The van der Waals surface area contributed by atoms with Crippen molar-refractivity contribution in [2.45, 2.75) is 124 Å². The van der Waals surface area contributed by atoms with Gasteiger partial charge in [0.05, 0.1) is 16.4 Å². The van der Waals surface area contributed by atoms with E-state index < -0.39 is 0 Å². The van der Waals surface area contributed by atoms with Gasteiger partial charge in [0.15, 0.2) is 0 Å². The molecule has 0 amide bonds. The number of rotatable bonds is 4. The van der Waals surface area contributed by atoms with Crippen LogP contribution in [0.5, 0.6) is 0 Å². The van der Waals surface area contributed by atoms with Gasteiger partial charge in [-0.15, -0.1) is 0 Å². The second-order valence-electron chi connectivity index (χ2n) is 29.4. The van der Waals surface area contributed by atoms with E-state index in [1.807, 2.05) is 0 Å². The number of para-hydroxylation sites is 1. The van der Waals surface area contributed by atoms with Crippen molar-refractivity contribution in [3.05, 3.63) is 215 Å². The van der Waals surface area contributed by atoms with E-state index in [0.717, 1.165) is 77.9 Å². The third kappa shape index (κ3) is 7.42. The number of fused-ring (bicyclic) bond motifs is 19. The van der Waals surface area contributed by atoms with E-state index in [0.29, 0.717) is 0 Å². The number of nitrogens with zero attached hydrogens (tertiary/aromatic N) is 3. The van der Waals surface area contributed by atoms with Gasteiger partial charge in [0.1, 0.15) is 22.3 Å². The maximum Gasteiger partial charge on any atom is 0.333 e. The Morgan fingerprint density at radius 3 is 1.66 bits per heavy atom. The molecule has 0 fully saturated rings. The molecular weight excluding hydrogens is 1030 g/mol. The molecule has 1 aliphatic carbocycles. The molecule has 10 aromatic carbocycles. The topological polar surface area (TPSA) is 37.7 Å². The lowest BCUT2D eigenvalue weighted by Crippen LogP contribution is -2.60. The predicted molar refractivity (Wildman–Crippen MR) is 361 cm³/mol. The molecule has 5 heterocycles. The van der Waals surface area contributed by atoms with Gasteiger partial charge in [0, 0.05) is 78.1 Å². The molecule has 0 atom stereocenters. The van der Waals surface area contributed by atoms with Crippen LogP contribution < -0.4 is 20.6 Å². The molecule has 418 valence electrons. The van der Waals surface area contributed by atoms with Gasteiger partial charge in [-0.3, -0.25) is 0 Å². The molecule has 5 nitrogen and oxygen atoms in total. The van der Waals surface area contributed by atoms with Crippen molar-refractivity contribution in [3.63, 3.8) is 0 Å². The Bertz CT molecular complexity index is 4940. The Morgan fingerprint density at radius 2 is 1.00 bits per heavy atom. The number of aromatic nitrogens is 1. The lowest BCUT2D eigenvalue weighted by atomic mass is 9.43. The number of benzene rings is 10. The summed E-state index contributed by atoms with van der Waals surface area (Å²) in [6, 6.07) is 69.5. The SMILES string of the molecule is CC(C)(C)c1ccc(N2B3c4cc5c(cc4-n4c6ccc(C(C)(C)C)cc6c6c7oc8ccccc8c7c(c3c64)-c3cc4c(cc32)oc2ccc(N(c3ccc(C(C)(C)C)cc3)c3ccc(C(C)(C)C)cc3)cc24)-c2ccccc2C5(C)C)cc1. The first-order chi connectivity index (χ1) is 40.4. The summed E-state index contributed by atoms with van der Waals surface area (Å²) in [5, 5.41) is 6.79. The second-order valence-corrected chi connectivity index (χ2v) is 29.4. The molecular formula is C79H72BN3O2. The summed E-state index contributed by atoms with van der Waals surface area (Å²) in [6.45, 7) is 32.2. The molecule has 85 heavy (non-hydrogen) atoms. The van der Waals surface area contributed by atoms with E-state index in [1.54, 1.807) is 0 Å². The highest BCUT2D eigenvalue weighted by atomic mass is 16.3. The second kappa shape index (κ2) is 17.2. The lowest BCUT2D eigenvalue weighted by Gasteiger charge is -2.42. The van der Waals surface area contributed by atoms with Crippen molar-refractivity contribution < 1.29 is 8.83 Å². The first-order valence-corrected chi connectivity index (χ1v) is 30.6. The van der Waals surface area contributed by atoms with E-state index in [4.69, 9.17) is 8.83 Å². The average Bonchev–Trinajstić information content (AvgIpc) is 1.61. The number of hydrogen-bond acceptors (Lipinski definition) is 4. The summed E-state index contributed by atoms with van der Waals surface area (Å²) in [4.78, 5) is 5.07. The third-order valence-corrected chi connectivity index (χ3v) is 19.6. The quantitative estimate of drug-likeness (QED) is 0.165. The van der Waals surface area contributed by atoms with Crippen LogP contribution in [0, 0.1) is 0 Å². The zero-order chi connectivity index (χ0) is 58.8. The average molecular weight is 1110 g/mol. The van der Waals surface area contributed by atoms with Crippen molar-refractivity contribution in [1.29, 1.82) is 0 Å². The van der Waals surface area contributed by atoms with Crippen LogP contribution in [0.1, 0.15) is 130 Å². The fourth-order valence-corrected chi connectivity index (χ4v) is 14.9. The number of anilines is 5. The van der Waals surface area contributed by atoms with Crippen molar-refractivity contribution in [2.24, 2.45) is 0 Å². The fourth-order valence-electron chi connectivity index (χ4n) is 14.9. The maximum atomic E-state index is 7.41. The molecule has 0 saturated carbocycles. The monoisotopic (exact) mass is 1110 g/mol. The molecule has 13 aromatic rings. The Morgan fingerprint density at radius 1 is 0.424 bits per heavy atom. The Kier molecular flexibility index (Phi) is 10.5. The Balaban J connectivity index is 1.03. The van der Waals surface area contributed by atoms with E-state index >= 15 is 0 Å². The van der Waals surface area contributed by atoms with E-state index in [2.05, 4.69) is 293 Å². The standard InChI is InChI=1S/C79H72BN3O2/c1-75(2,3)45-23-30-49(31-24-45)81(50-32-25-46(26-33-50)76(4,5)6)52-36-38-67-56(40-52)57-41-59-64(44-68(57)84-67)83(51-34-27-47(28-35-51)77(7,8)9)80-62-43-61-55(53-19-15-17-21-60(53)79(61,13)14)42-65(62)82-63-37-29-48(78(10,11)12)39-58(63)71-73(82)72(80)69(59)70-54-20-16-18-22-66(54)85-74(70)71/h15-44H,1-14H3. The van der Waals surface area contributed by atoms with Crippen molar-refractivity contribution in [1.82, 2.24) is 4.57 Å². The number of hydrogen-bond donors (Lipinski definition) is 0. The highest BCUT2D eigenvalue weighted by Crippen LogP contribution is 2.55. The summed E-state index contributed by atoms with van der Waals surface area (Å²) >= 11 is 0. The smallest absolute Gasteiger partial charge is 0.333 e. The highest BCUT2D eigenvalue weighted by molar-refractivity contribution is 6.94. The summed E-state index contributed by atoms with van der Waals surface area (Å²) < 4.78 is 17.2. The van der Waals surface area contributed by atoms with Crippen LogP contribution in [-0.4, -0.2) is 11.4 Å². The van der Waals surface area contributed by atoms with Crippen molar-refractivity contribution in [2.75, 3.05) is 9.71 Å². The minimum Gasteiger partial charge on any atom is -0.456 e. The molecule has 0 N–H and O–H groups in total. The summed E-state index contributed by atoms with van der Waals surface area (Å²) in [5.41, 5.74) is 27.8. The van der Waals surface area contributed by atoms with Crippen LogP contribution in [0.3, 0.4) is 0 Å². The van der Waals surface area contributed by atoms with Crippen LogP contribution in [0.4, 0.5) is 28.4 Å². The van der Waals surface area contributed by atoms with Crippen LogP contribution in [0.25, 0.3) is 93.6 Å². The molecule has 0 spiro atoms. The number of furan rings is 2. The summed E-state index contributed by atoms with van der Waals surface area (Å²) in [6.07, 6.45) is 0. The molecule has 3 aliphatic rings. The lowest BCUT2D eigenvalue weighted by molar-refractivity contribution is 0.590. The van der Waals surface area contributed by atoms with Crippen LogP contribution in [0.2, 0.25) is 0 Å². The molecule has 6 heteroatoms. The van der Waals surface area contributed by atoms with Gasteiger partial charge in [0.25, 0.3) is 0 Å². The van der Waals surface area contributed by atoms with Gasteiger partial charge in [-0.2, -0.15) is 0 Å². The van der Waals surface area contributed by atoms with Gasteiger partial charge in [-0.05, 0) is 168 Å². The largest absolute Gasteiger partial charge is 0.456 e. The van der Waals surface area contributed by atoms with Crippen LogP contribution >= 0.6 is 0 Å². The van der Waals surface area contributed by atoms with Crippen molar-refractivity contribution >= 4 is 112 Å². The molecule has 0 unspecified atom stereocenters. The third-order valence-electron chi connectivity index (χ3n) is 19.6. The minimum atomic E-state index is -0.237. The molecule has 0 radical (unpaired) electrons. The zero-order valence-electron chi connectivity index (χ0n) is 51.6. The van der Waals surface area contributed by atoms with E-state index in [-0.39, 0.29) is 33.9 Å². The Hall–Kier alpha value is -8.74. The van der Waals surface area contributed by atoms with Crippen molar-refractivity contribution in [3.8, 4) is 27.9 Å². The van der Waals surface area contributed by atoms with Gasteiger partial charge < -0.3 is 23.1 Å². The van der Waals surface area contributed by atoms with Crippen LogP contribution in [-0.2, 0) is 27.1 Å². The van der Waals surface area contributed by atoms with E-state index in [1.165, 1.54) is 88.5 Å². The highest BCUT2D eigenvalue weighted by Gasteiger charge is 2.48. The molecule has 0 bridgehead atoms. The van der Waals surface area contributed by atoms with Crippen LogP contribution in [0.15, 0.2) is 191 Å². The fraction of sp³-hybridized carbons (Fsp3) is 0.241. The Labute approximate surface area is 499 Å². The van der Waals surface area contributed by atoms with Gasteiger partial charge in [-0.1, -0.05) is 188 Å². The molecule has 3 aromatic heterocycles. The van der Waals surface area contributed by atoms with Gasteiger partial charge in [0.2, 0.25) is 0 Å². The predicted octanol–water partition coefficient (Wildman–Crippen LogP) is 20.8. The minimum absolute atomic E-state index is 0.0214. The summed E-state index contributed by atoms with van der Waals surface area (Å²) in [5.74, 6) is 0. The summed E-state index contributed by atoms with van der Waals surface area (Å²) in [7, 11) is 0. The maximum absolute atomic E-state index is 7.41. The zero-order valence-corrected chi connectivity index (χ0v) is 51.6. The normalized spacial score (nSPS) is 14.5. The van der Waals surface area contributed by atoms with E-state index in [9.17, 15) is 0 Å². The molecule has 16 rings (SSSR count). The van der Waals surface area contributed by atoms with Gasteiger partial charge >= 0.3 is 6.85 Å². The first kappa shape index (κ1) is 51.9. The van der Waals surface area contributed by atoms with Gasteiger partial charge in [-0.25, -0.2) is 0 Å². The first-order valence-electron chi connectivity index (χ1n) is 30.6. The molecule has 2 aliphatic heterocycles.